The summed E-state index contributed by atoms with van der Waals surface area (Å²) >= 11 is 5.89. The third-order valence-electron chi connectivity index (χ3n) is 2.04. The Kier molecular flexibility index (Phi) is 4.84. The van der Waals surface area contributed by atoms with Crippen LogP contribution < -0.4 is 10.5 Å². The highest BCUT2D eigenvalue weighted by Crippen LogP contribution is 2.30. The largest absolute Gasteiger partial charge is 0.495 e. The number of nitrogen functional groups attached to an aromatic ring is 1. The summed E-state index contributed by atoms with van der Waals surface area (Å²) in [7, 11) is 1.51. The van der Waals surface area contributed by atoms with Crippen LogP contribution in [0.5, 0.6) is 5.75 Å². The van der Waals surface area contributed by atoms with Crippen molar-refractivity contribution < 1.29 is 14.3 Å². The van der Waals surface area contributed by atoms with E-state index in [1.807, 2.05) is 0 Å². The molecule has 0 radical (unpaired) electrons. The quantitative estimate of drug-likeness (QED) is 0.510. The van der Waals surface area contributed by atoms with Crippen molar-refractivity contribution in [1.29, 1.82) is 0 Å². The molecular formula is C12H14ClNO3. The summed E-state index contributed by atoms with van der Waals surface area (Å²) in [5.74, 6) is 0.0881. The van der Waals surface area contributed by atoms with Crippen LogP contribution in [0.4, 0.5) is 5.69 Å². The molecule has 0 bridgehead atoms. The monoisotopic (exact) mass is 255 g/mol. The average Bonchev–Trinajstić information content (AvgIpc) is 2.28. The lowest BCUT2D eigenvalue weighted by Gasteiger charge is -2.06. The van der Waals surface area contributed by atoms with E-state index in [0.717, 1.165) is 0 Å². The highest BCUT2D eigenvalue weighted by Gasteiger charge is 2.05. The van der Waals surface area contributed by atoms with Crippen LogP contribution in [-0.4, -0.2) is 19.7 Å². The van der Waals surface area contributed by atoms with Gasteiger partial charge in [-0.1, -0.05) is 11.6 Å². The van der Waals surface area contributed by atoms with Crippen LogP contribution in [0.1, 0.15) is 12.5 Å². The molecule has 4 nitrogen and oxygen atoms in total. The molecule has 0 aliphatic rings. The van der Waals surface area contributed by atoms with E-state index < -0.39 is 5.97 Å². The summed E-state index contributed by atoms with van der Waals surface area (Å²) in [6.45, 7) is 2.08. The summed E-state index contributed by atoms with van der Waals surface area (Å²) in [5.41, 5.74) is 6.88. The van der Waals surface area contributed by atoms with Gasteiger partial charge >= 0.3 is 5.97 Å². The number of rotatable bonds is 4. The summed E-state index contributed by atoms with van der Waals surface area (Å²) in [4.78, 5) is 11.1. The van der Waals surface area contributed by atoms with Gasteiger partial charge in [-0.2, -0.15) is 0 Å². The number of anilines is 1. The van der Waals surface area contributed by atoms with Gasteiger partial charge in [-0.3, -0.25) is 0 Å². The number of halogens is 1. The van der Waals surface area contributed by atoms with Crippen molar-refractivity contribution in [1.82, 2.24) is 0 Å². The van der Waals surface area contributed by atoms with Crippen LogP contribution in [0.15, 0.2) is 18.2 Å². The molecule has 0 amide bonds. The summed E-state index contributed by atoms with van der Waals surface area (Å²) in [5, 5.41) is 0.429. The molecule has 1 rings (SSSR count). The summed E-state index contributed by atoms with van der Waals surface area (Å²) < 4.78 is 9.82. The molecular weight excluding hydrogens is 242 g/mol. The van der Waals surface area contributed by atoms with Crippen molar-refractivity contribution >= 4 is 29.3 Å². The maximum Gasteiger partial charge on any atom is 0.330 e. The van der Waals surface area contributed by atoms with Gasteiger partial charge in [0.1, 0.15) is 5.75 Å². The van der Waals surface area contributed by atoms with Gasteiger partial charge in [-0.15, -0.1) is 0 Å². The second-order valence-corrected chi connectivity index (χ2v) is 3.61. The van der Waals surface area contributed by atoms with Crippen LogP contribution in [0, 0.1) is 0 Å². The molecule has 17 heavy (non-hydrogen) atoms. The van der Waals surface area contributed by atoms with Crippen molar-refractivity contribution in [3.05, 3.63) is 28.8 Å². The number of benzene rings is 1. The topological polar surface area (TPSA) is 61.5 Å². The first-order valence-electron chi connectivity index (χ1n) is 5.06. The van der Waals surface area contributed by atoms with E-state index >= 15 is 0 Å². The van der Waals surface area contributed by atoms with Crippen LogP contribution in [0.2, 0.25) is 5.02 Å². The van der Waals surface area contributed by atoms with E-state index in [9.17, 15) is 4.79 Å². The van der Waals surface area contributed by atoms with Gasteiger partial charge in [0.2, 0.25) is 0 Å². The smallest absolute Gasteiger partial charge is 0.330 e. The lowest BCUT2D eigenvalue weighted by molar-refractivity contribution is -0.137. The Labute approximate surface area is 105 Å². The van der Waals surface area contributed by atoms with E-state index in [4.69, 9.17) is 26.8 Å². The lowest BCUT2D eigenvalue weighted by Crippen LogP contribution is -1.99. The van der Waals surface area contributed by atoms with Gasteiger partial charge in [0.15, 0.2) is 0 Å². The second kappa shape index (κ2) is 6.15. The maximum atomic E-state index is 11.1. The zero-order chi connectivity index (χ0) is 12.8. The Morgan fingerprint density at radius 3 is 2.82 bits per heavy atom. The third kappa shape index (κ3) is 3.67. The number of esters is 1. The molecule has 0 saturated heterocycles. The van der Waals surface area contributed by atoms with Crippen molar-refractivity contribution in [2.75, 3.05) is 19.5 Å². The first kappa shape index (κ1) is 13.4. The number of nitrogens with two attached hydrogens (primary N) is 1. The molecule has 0 atom stereocenters. The number of ether oxygens (including phenoxy) is 2. The molecule has 92 valence electrons. The van der Waals surface area contributed by atoms with Crippen LogP contribution in [0.25, 0.3) is 6.08 Å². The van der Waals surface area contributed by atoms with Crippen LogP contribution >= 0.6 is 11.6 Å². The van der Waals surface area contributed by atoms with Crippen molar-refractivity contribution in [3.63, 3.8) is 0 Å². The Balaban J connectivity index is 2.94. The van der Waals surface area contributed by atoms with Crippen LogP contribution in [-0.2, 0) is 9.53 Å². The zero-order valence-electron chi connectivity index (χ0n) is 9.70. The average molecular weight is 256 g/mol. The molecule has 1 aromatic rings. The standard InChI is InChI=1S/C12H14ClNO3/c1-3-17-12(15)5-4-8-6-11(16-2)9(13)7-10(8)14/h4-7H,3,14H2,1-2H3/b5-4+. The van der Waals surface area contributed by atoms with Gasteiger partial charge in [0, 0.05) is 17.3 Å². The molecule has 5 heteroatoms. The summed E-state index contributed by atoms with van der Waals surface area (Å²) in [6.07, 6.45) is 2.87. The van der Waals surface area contributed by atoms with Crippen LogP contribution in [0.3, 0.4) is 0 Å². The molecule has 1 aromatic carbocycles. The number of carbonyl (C=O) groups excluding carboxylic acids is 1. The zero-order valence-corrected chi connectivity index (χ0v) is 10.5. The van der Waals surface area contributed by atoms with Crippen molar-refractivity contribution in [2.24, 2.45) is 0 Å². The maximum absolute atomic E-state index is 11.1. The van der Waals surface area contributed by atoms with Gasteiger partial charge in [-0.05, 0) is 25.1 Å². The van der Waals surface area contributed by atoms with Gasteiger partial charge < -0.3 is 15.2 Å². The molecule has 0 saturated carbocycles. The second-order valence-electron chi connectivity index (χ2n) is 3.20. The molecule has 0 fully saturated rings. The minimum absolute atomic E-state index is 0.336. The first-order chi connectivity index (χ1) is 8.08. The van der Waals surface area contributed by atoms with E-state index in [1.54, 1.807) is 25.1 Å². The van der Waals surface area contributed by atoms with Crippen molar-refractivity contribution in [2.45, 2.75) is 6.92 Å². The van der Waals surface area contributed by atoms with E-state index in [2.05, 4.69) is 0 Å². The fourth-order valence-electron chi connectivity index (χ4n) is 1.23. The van der Waals surface area contributed by atoms with Gasteiger partial charge in [0.25, 0.3) is 0 Å². The number of hydrogen-bond donors (Lipinski definition) is 1. The fourth-order valence-corrected chi connectivity index (χ4v) is 1.48. The molecule has 0 spiro atoms. The Morgan fingerprint density at radius 2 is 2.24 bits per heavy atom. The predicted molar refractivity (Wildman–Crippen MR) is 68.1 cm³/mol. The van der Waals surface area contributed by atoms with Crippen molar-refractivity contribution in [3.8, 4) is 5.75 Å². The molecule has 0 aliphatic carbocycles. The van der Waals surface area contributed by atoms with Gasteiger partial charge in [0.05, 0.1) is 18.7 Å². The molecule has 0 unspecified atom stereocenters. The molecule has 0 aliphatic heterocycles. The molecule has 0 aromatic heterocycles. The number of methoxy groups -OCH3 is 1. The highest BCUT2D eigenvalue weighted by atomic mass is 35.5. The Bertz CT molecular complexity index is 444. The highest BCUT2D eigenvalue weighted by molar-refractivity contribution is 6.32. The predicted octanol–water partition coefficient (Wildman–Crippen LogP) is 2.51. The Morgan fingerprint density at radius 1 is 1.53 bits per heavy atom. The summed E-state index contributed by atoms with van der Waals surface area (Å²) in [6, 6.07) is 3.23. The van der Waals surface area contributed by atoms with E-state index in [1.165, 1.54) is 13.2 Å². The minimum Gasteiger partial charge on any atom is -0.495 e. The van der Waals surface area contributed by atoms with Gasteiger partial charge in [-0.25, -0.2) is 4.79 Å². The SMILES string of the molecule is CCOC(=O)/C=C/c1cc(OC)c(Cl)cc1N. The molecule has 2 N–H and O–H groups in total. The number of hydrogen-bond acceptors (Lipinski definition) is 4. The lowest BCUT2D eigenvalue weighted by atomic mass is 10.1. The van der Waals surface area contributed by atoms with E-state index in [0.29, 0.717) is 28.6 Å². The normalized spacial score (nSPS) is 10.5. The third-order valence-corrected chi connectivity index (χ3v) is 2.34. The van der Waals surface area contributed by atoms with E-state index in [-0.39, 0.29) is 0 Å². The Hall–Kier alpha value is -1.68. The minimum atomic E-state index is -0.416. The first-order valence-corrected chi connectivity index (χ1v) is 5.44. The molecule has 0 heterocycles. The number of carbonyl (C=O) groups is 1. The fraction of sp³-hybridized carbons (Fsp3) is 0.250.